The van der Waals surface area contributed by atoms with Gasteiger partial charge in [-0.15, -0.1) is 11.8 Å². The van der Waals surface area contributed by atoms with Crippen molar-refractivity contribution in [1.29, 1.82) is 0 Å². The summed E-state index contributed by atoms with van der Waals surface area (Å²) < 4.78 is 41.3. The maximum atomic E-state index is 13.2. The Morgan fingerprint density at radius 1 is 1.12 bits per heavy atom. The number of benzene rings is 1. The number of alkyl halides is 3. The van der Waals surface area contributed by atoms with Gasteiger partial charge in [-0.3, -0.25) is 0 Å². The summed E-state index contributed by atoms with van der Waals surface area (Å²) in [6.07, 6.45) is -0.899. The van der Waals surface area contributed by atoms with Crippen molar-refractivity contribution in [3.63, 3.8) is 0 Å². The van der Waals surface area contributed by atoms with Crippen molar-refractivity contribution < 1.29 is 13.2 Å². The minimum Gasteiger partial charge on any atom is -0.322 e. The largest absolute Gasteiger partial charge is 0.417 e. The molecule has 0 N–H and O–H groups in total. The van der Waals surface area contributed by atoms with E-state index >= 15 is 0 Å². The lowest BCUT2D eigenvalue weighted by atomic mass is 10.0. The van der Waals surface area contributed by atoms with Crippen LogP contribution in [0.25, 0.3) is 16.9 Å². The Kier molecular flexibility index (Phi) is 3.49. The van der Waals surface area contributed by atoms with Crippen molar-refractivity contribution in [2.75, 3.05) is 10.8 Å². The smallest absolute Gasteiger partial charge is 0.322 e. The van der Waals surface area contributed by atoms with E-state index in [1.165, 1.54) is 12.1 Å². The van der Waals surface area contributed by atoms with Crippen LogP contribution in [0, 0.1) is 0 Å². The topological polar surface area (TPSA) is 33.4 Å². The summed E-state index contributed by atoms with van der Waals surface area (Å²) in [4.78, 5) is 6.18. The second-order valence-corrected chi connectivity index (χ2v) is 6.06. The number of nitrogens with zero attached hydrogens (tertiary/aromatic N) is 4. The van der Waals surface area contributed by atoms with E-state index in [-0.39, 0.29) is 11.3 Å². The molecule has 0 spiro atoms. The van der Waals surface area contributed by atoms with E-state index in [4.69, 9.17) is 0 Å². The molecule has 4 nitrogen and oxygen atoms in total. The van der Waals surface area contributed by atoms with Crippen LogP contribution in [0.5, 0.6) is 0 Å². The van der Waals surface area contributed by atoms with Crippen LogP contribution >= 0.6 is 11.8 Å². The van der Waals surface area contributed by atoms with Crippen molar-refractivity contribution >= 4 is 23.2 Å². The first-order chi connectivity index (χ1) is 11.5. The van der Waals surface area contributed by atoms with Crippen LogP contribution in [0.1, 0.15) is 5.56 Å². The van der Waals surface area contributed by atoms with E-state index in [9.17, 15) is 13.2 Å². The zero-order chi connectivity index (χ0) is 16.7. The van der Waals surface area contributed by atoms with Gasteiger partial charge >= 0.3 is 6.18 Å². The molecule has 1 aliphatic rings. The van der Waals surface area contributed by atoms with Crippen molar-refractivity contribution in [3.05, 3.63) is 59.8 Å². The summed E-state index contributed by atoms with van der Waals surface area (Å²) in [7, 11) is 0. The van der Waals surface area contributed by atoms with Crippen molar-refractivity contribution in [2.24, 2.45) is 0 Å². The van der Waals surface area contributed by atoms with Crippen molar-refractivity contribution in [2.45, 2.75) is 6.18 Å². The van der Waals surface area contributed by atoms with Gasteiger partial charge in [-0.05, 0) is 17.5 Å². The third-order valence-electron chi connectivity index (χ3n) is 3.69. The van der Waals surface area contributed by atoms with Gasteiger partial charge in [0.05, 0.1) is 17.1 Å². The highest BCUT2D eigenvalue weighted by atomic mass is 32.2. The number of halogens is 3. The van der Waals surface area contributed by atoms with Gasteiger partial charge in [0.25, 0.3) is 0 Å². The third-order valence-corrected chi connectivity index (χ3v) is 4.43. The SMILES string of the molecule is FC(F)(F)c1ccccc1-c1cc2nccc(N3C=CSC3)n2n1. The fourth-order valence-corrected chi connectivity index (χ4v) is 3.31. The molecule has 3 heterocycles. The molecule has 2 aromatic heterocycles. The van der Waals surface area contributed by atoms with Crippen LogP contribution in [-0.2, 0) is 6.18 Å². The second-order valence-electron chi connectivity index (χ2n) is 5.20. The van der Waals surface area contributed by atoms with E-state index in [0.29, 0.717) is 5.65 Å². The predicted molar refractivity (Wildman–Crippen MR) is 87.5 cm³/mol. The molecular formula is C16H11F3N4S. The summed E-state index contributed by atoms with van der Waals surface area (Å²) in [6, 6.07) is 8.79. The molecule has 0 bridgehead atoms. The molecule has 0 fully saturated rings. The van der Waals surface area contributed by atoms with Crippen LogP contribution in [0.15, 0.2) is 54.2 Å². The fourth-order valence-electron chi connectivity index (χ4n) is 2.61. The molecule has 0 saturated heterocycles. The third kappa shape index (κ3) is 2.52. The quantitative estimate of drug-likeness (QED) is 0.687. The molecule has 4 rings (SSSR count). The molecule has 0 saturated carbocycles. The molecule has 0 radical (unpaired) electrons. The minimum atomic E-state index is -4.43. The first kappa shape index (κ1) is 15.1. The number of hydrogen-bond acceptors (Lipinski definition) is 4. The Balaban J connectivity index is 1.88. The zero-order valence-electron chi connectivity index (χ0n) is 12.2. The van der Waals surface area contributed by atoms with Gasteiger partial charge in [0.15, 0.2) is 5.65 Å². The summed E-state index contributed by atoms with van der Waals surface area (Å²) in [5, 5.41) is 6.33. The minimum absolute atomic E-state index is 0.0489. The summed E-state index contributed by atoms with van der Waals surface area (Å²) in [5.74, 6) is 1.49. The van der Waals surface area contributed by atoms with Crippen molar-refractivity contribution in [1.82, 2.24) is 14.6 Å². The molecule has 0 amide bonds. The van der Waals surface area contributed by atoms with E-state index in [2.05, 4.69) is 10.1 Å². The fraction of sp³-hybridized carbons (Fsp3) is 0.125. The lowest BCUT2D eigenvalue weighted by Crippen LogP contribution is -2.15. The first-order valence-electron chi connectivity index (χ1n) is 7.10. The Morgan fingerprint density at radius 3 is 2.71 bits per heavy atom. The van der Waals surface area contributed by atoms with Gasteiger partial charge in [0, 0.05) is 24.0 Å². The van der Waals surface area contributed by atoms with Crippen LogP contribution in [0.3, 0.4) is 0 Å². The van der Waals surface area contributed by atoms with Gasteiger partial charge in [-0.1, -0.05) is 18.2 Å². The van der Waals surface area contributed by atoms with E-state index in [1.54, 1.807) is 40.7 Å². The highest BCUT2D eigenvalue weighted by molar-refractivity contribution is 8.02. The van der Waals surface area contributed by atoms with Gasteiger partial charge in [-0.2, -0.15) is 22.8 Å². The van der Waals surface area contributed by atoms with Gasteiger partial charge in [0.2, 0.25) is 0 Å². The average molecular weight is 348 g/mol. The zero-order valence-corrected chi connectivity index (χ0v) is 13.1. The second kappa shape index (κ2) is 5.55. The standard InChI is InChI=1S/C16H11F3N4S/c17-16(18,19)12-4-2-1-3-11(12)13-9-14-20-6-5-15(23(14)21-13)22-7-8-24-10-22/h1-9H,10H2. The van der Waals surface area contributed by atoms with Crippen LogP contribution in [0.4, 0.5) is 19.0 Å². The molecule has 24 heavy (non-hydrogen) atoms. The highest BCUT2D eigenvalue weighted by Crippen LogP contribution is 2.37. The number of hydrogen-bond donors (Lipinski definition) is 0. The Morgan fingerprint density at radius 2 is 1.96 bits per heavy atom. The van der Waals surface area contributed by atoms with Gasteiger partial charge in [-0.25, -0.2) is 4.98 Å². The number of anilines is 1. The lowest BCUT2D eigenvalue weighted by Gasteiger charge is -2.15. The first-order valence-corrected chi connectivity index (χ1v) is 8.15. The van der Waals surface area contributed by atoms with Crippen LogP contribution < -0.4 is 4.90 Å². The average Bonchev–Trinajstić information content (AvgIpc) is 3.23. The molecule has 122 valence electrons. The van der Waals surface area contributed by atoms with E-state index in [0.717, 1.165) is 17.8 Å². The number of fused-ring (bicyclic) bond motifs is 1. The Labute approximate surface area is 139 Å². The summed E-state index contributed by atoms with van der Waals surface area (Å²) in [6.45, 7) is 0. The van der Waals surface area contributed by atoms with Gasteiger partial charge < -0.3 is 4.90 Å². The van der Waals surface area contributed by atoms with Gasteiger partial charge in [0.1, 0.15) is 5.82 Å². The number of thioether (sulfide) groups is 1. The van der Waals surface area contributed by atoms with Crippen LogP contribution in [0.2, 0.25) is 0 Å². The molecular weight excluding hydrogens is 337 g/mol. The van der Waals surface area contributed by atoms with E-state index < -0.39 is 11.7 Å². The highest BCUT2D eigenvalue weighted by Gasteiger charge is 2.34. The predicted octanol–water partition coefficient (Wildman–Crippen LogP) is 4.40. The summed E-state index contributed by atoms with van der Waals surface area (Å²) >= 11 is 1.63. The number of rotatable bonds is 2. The maximum absolute atomic E-state index is 13.2. The Hall–Kier alpha value is -2.48. The Bertz CT molecular complexity index is 932. The molecule has 8 heteroatoms. The molecule has 3 aromatic rings. The molecule has 0 unspecified atom stereocenters. The van der Waals surface area contributed by atoms with Crippen LogP contribution in [-0.4, -0.2) is 20.5 Å². The maximum Gasteiger partial charge on any atom is 0.417 e. The monoisotopic (exact) mass is 348 g/mol. The molecule has 0 atom stereocenters. The lowest BCUT2D eigenvalue weighted by molar-refractivity contribution is -0.137. The van der Waals surface area contributed by atoms with Crippen molar-refractivity contribution in [3.8, 4) is 11.3 Å². The van der Waals surface area contributed by atoms with E-state index in [1.807, 2.05) is 16.5 Å². The molecule has 1 aliphatic heterocycles. The molecule has 0 aliphatic carbocycles. The normalized spacial score (nSPS) is 14.7. The number of aromatic nitrogens is 3. The molecule has 1 aromatic carbocycles. The summed E-state index contributed by atoms with van der Waals surface area (Å²) in [5.41, 5.74) is 0.0999.